The predicted octanol–water partition coefficient (Wildman–Crippen LogP) is 1.85. The molecule has 1 aromatic carbocycles. The summed E-state index contributed by atoms with van der Waals surface area (Å²) in [5.74, 6) is 1.74. The van der Waals surface area contributed by atoms with E-state index >= 15 is 0 Å². The van der Waals surface area contributed by atoms with E-state index in [-0.39, 0.29) is 6.10 Å². The van der Waals surface area contributed by atoms with Crippen LogP contribution in [-0.4, -0.2) is 61.3 Å². The molecule has 4 heteroatoms. The minimum absolute atomic E-state index is 0.123. The van der Waals surface area contributed by atoms with E-state index in [0.29, 0.717) is 12.6 Å². The first-order valence-corrected chi connectivity index (χ1v) is 7.63. The summed E-state index contributed by atoms with van der Waals surface area (Å²) in [6.45, 7) is 10.8. The van der Waals surface area contributed by atoms with E-state index in [0.717, 1.165) is 44.2 Å². The van der Waals surface area contributed by atoms with Gasteiger partial charge in [0.25, 0.3) is 0 Å². The van der Waals surface area contributed by atoms with Crippen LogP contribution in [0.1, 0.15) is 13.8 Å². The number of rotatable bonds is 3. The van der Waals surface area contributed by atoms with E-state index in [2.05, 4.69) is 23.6 Å². The molecular formula is C16H24N2O2. The van der Waals surface area contributed by atoms with E-state index in [1.165, 1.54) is 0 Å². The molecule has 0 spiro atoms. The molecule has 2 heterocycles. The molecular weight excluding hydrogens is 252 g/mol. The van der Waals surface area contributed by atoms with E-state index in [4.69, 9.17) is 9.47 Å². The lowest BCUT2D eigenvalue weighted by molar-refractivity contribution is 0.00264. The normalized spacial score (nSPS) is 25.4. The first-order chi connectivity index (χ1) is 9.78. The van der Waals surface area contributed by atoms with Gasteiger partial charge < -0.3 is 14.4 Å². The molecule has 3 rings (SSSR count). The van der Waals surface area contributed by atoms with E-state index < -0.39 is 0 Å². The van der Waals surface area contributed by atoms with Gasteiger partial charge in [-0.05, 0) is 25.6 Å². The third-order valence-electron chi connectivity index (χ3n) is 4.50. The highest BCUT2D eigenvalue weighted by atomic mass is 16.6. The number of hydrogen-bond acceptors (Lipinski definition) is 4. The molecule has 20 heavy (non-hydrogen) atoms. The predicted molar refractivity (Wildman–Crippen MR) is 79.5 cm³/mol. The van der Waals surface area contributed by atoms with Gasteiger partial charge in [0.2, 0.25) is 0 Å². The monoisotopic (exact) mass is 276 g/mol. The third kappa shape index (κ3) is 2.76. The standard InChI is InChI=1S/C16H24N2O2/c1-3-17-8-10-18(11-9-17)13(2)16-12-19-14-6-4-5-7-15(14)20-16/h4-7,13,16H,3,8-12H2,1-2H3/t13-,16+/m1/s1. The maximum absolute atomic E-state index is 6.12. The Morgan fingerprint density at radius 3 is 2.55 bits per heavy atom. The summed E-state index contributed by atoms with van der Waals surface area (Å²) in [7, 11) is 0. The average molecular weight is 276 g/mol. The van der Waals surface area contributed by atoms with Crippen LogP contribution in [0.15, 0.2) is 24.3 Å². The largest absolute Gasteiger partial charge is 0.486 e. The van der Waals surface area contributed by atoms with Crippen LogP contribution in [0, 0.1) is 0 Å². The van der Waals surface area contributed by atoms with Gasteiger partial charge in [0.05, 0.1) is 0 Å². The summed E-state index contributed by atoms with van der Waals surface area (Å²) in [5.41, 5.74) is 0. The van der Waals surface area contributed by atoms with Crippen molar-refractivity contribution in [3.8, 4) is 11.5 Å². The Hall–Kier alpha value is -1.26. The Bertz CT molecular complexity index is 444. The van der Waals surface area contributed by atoms with Crippen molar-refractivity contribution in [1.82, 2.24) is 9.80 Å². The molecule has 1 saturated heterocycles. The molecule has 0 aromatic heterocycles. The molecule has 2 aliphatic rings. The topological polar surface area (TPSA) is 24.9 Å². The number of piperazine rings is 1. The zero-order chi connectivity index (χ0) is 13.9. The van der Waals surface area contributed by atoms with Crippen LogP contribution in [0.4, 0.5) is 0 Å². The van der Waals surface area contributed by atoms with Crippen LogP contribution in [-0.2, 0) is 0 Å². The summed E-state index contributed by atoms with van der Waals surface area (Å²) in [6.07, 6.45) is 0.123. The molecule has 4 nitrogen and oxygen atoms in total. The van der Waals surface area contributed by atoms with Crippen molar-refractivity contribution in [1.29, 1.82) is 0 Å². The van der Waals surface area contributed by atoms with Crippen molar-refractivity contribution in [3.63, 3.8) is 0 Å². The van der Waals surface area contributed by atoms with Crippen molar-refractivity contribution in [2.75, 3.05) is 39.3 Å². The lowest BCUT2D eigenvalue weighted by atomic mass is 10.1. The van der Waals surface area contributed by atoms with Crippen LogP contribution in [0.2, 0.25) is 0 Å². The fourth-order valence-corrected chi connectivity index (χ4v) is 3.00. The van der Waals surface area contributed by atoms with Gasteiger partial charge in [-0.1, -0.05) is 19.1 Å². The second kappa shape index (κ2) is 6.02. The number of ether oxygens (including phenoxy) is 2. The number of hydrogen-bond donors (Lipinski definition) is 0. The molecule has 0 saturated carbocycles. The molecule has 0 aliphatic carbocycles. The summed E-state index contributed by atoms with van der Waals surface area (Å²) in [6, 6.07) is 8.33. The fraction of sp³-hybridized carbons (Fsp3) is 0.625. The quantitative estimate of drug-likeness (QED) is 0.841. The van der Waals surface area contributed by atoms with E-state index in [9.17, 15) is 0 Å². The summed E-state index contributed by atoms with van der Waals surface area (Å²) in [4.78, 5) is 5.02. The highest BCUT2D eigenvalue weighted by Gasteiger charge is 2.31. The van der Waals surface area contributed by atoms with Gasteiger partial charge in [0.15, 0.2) is 11.5 Å². The molecule has 0 radical (unpaired) electrons. The molecule has 0 unspecified atom stereocenters. The molecule has 2 atom stereocenters. The van der Waals surface area contributed by atoms with Gasteiger partial charge >= 0.3 is 0 Å². The van der Waals surface area contributed by atoms with Gasteiger partial charge in [0.1, 0.15) is 12.7 Å². The van der Waals surface area contributed by atoms with Crippen LogP contribution in [0.25, 0.3) is 0 Å². The second-order valence-corrected chi connectivity index (χ2v) is 5.62. The molecule has 110 valence electrons. The summed E-state index contributed by atoms with van der Waals surface area (Å²) >= 11 is 0. The molecule has 0 bridgehead atoms. The van der Waals surface area contributed by atoms with Crippen LogP contribution in [0.3, 0.4) is 0 Å². The zero-order valence-electron chi connectivity index (χ0n) is 12.4. The third-order valence-corrected chi connectivity index (χ3v) is 4.50. The molecule has 1 fully saturated rings. The van der Waals surface area contributed by atoms with Crippen molar-refractivity contribution in [2.24, 2.45) is 0 Å². The first-order valence-electron chi connectivity index (χ1n) is 7.63. The van der Waals surface area contributed by atoms with Gasteiger partial charge in [0, 0.05) is 32.2 Å². The minimum atomic E-state index is 0.123. The highest BCUT2D eigenvalue weighted by molar-refractivity contribution is 5.40. The lowest BCUT2D eigenvalue weighted by Crippen LogP contribution is -2.55. The number of likely N-dealkylation sites (N-methyl/N-ethyl adjacent to an activating group) is 1. The van der Waals surface area contributed by atoms with Crippen molar-refractivity contribution in [3.05, 3.63) is 24.3 Å². The summed E-state index contributed by atoms with van der Waals surface area (Å²) in [5, 5.41) is 0. The van der Waals surface area contributed by atoms with Crippen LogP contribution >= 0.6 is 0 Å². The Balaban J connectivity index is 1.60. The molecule has 0 amide bonds. The Kier molecular flexibility index (Phi) is 4.13. The maximum atomic E-state index is 6.12. The Labute approximate surface area is 121 Å². The second-order valence-electron chi connectivity index (χ2n) is 5.62. The van der Waals surface area contributed by atoms with Gasteiger partial charge in [-0.25, -0.2) is 0 Å². The summed E-state index contributed by atoms with van der Waals surface area (Å²) < 4.78 is 11.9. The number of fused-ring (bicyclic) bond motifs is 1. The van der Waals surface area contributed by atoms with Gasteiger partial charge in [-0.2, -0.15) is 0 Å². The highest BCUT2D eigenvalue weighted by Crippen LogP contribution is 2.32. The SMILES string of the molecule is CCN1CCN([C@H](C)[C@@H]2COc3ccccc3O2)CC1. The maximum Gasteiger partial charge on any atom is 0.161 e. The molecule has 2 aliphatic heterocycles. The lowest BCUT2D eigenvalue weighted by Gasteiger charge is -2.41. The number of para-hydroxylation sites is 2. The zero-order valence-corrected chi connectivity index (χ0v) is 12.4. The minimum Gasteiger partial charge on any atom is -0.486 e. The molecule has 1 aromatic rings. The van der Waals surface area contributed by atoms with Crippen molar-refractivity contribution < 1.29 is 9.47 Å². The van der Waals surface area contributed by atoms with Crippen LogP contribution in [0.5, 0.6) is 11.5 Å². The van der Waals surface area contributed by atoms with Gasteiger partial charge in [-0.3, -0.25) is 4.90 Å². The average Bonchev–Trinajstić information content (AvgIpc) is 2.54. The van der Waals surface area contributed by atoms with Crippen molar-refractivity contribution >= 4 is 0 Å². The smallest absolute Gasteiger partial charge is 0.161 e. The number of nitrogens with zero attached hydrogens (tertiary/aromatic N) is 2. The van der Waals surface area contributed by atoms with E-state index in [1.807, 2.05) is 24.3 Å². The molecule has 0 N–H and O–H groups in total. The van der Waals surface area contributed by atoms with Crippen molar-refractivity contribution in [2.45, 2.75) is 26.0 Å². The number of benzene rings is 1. The fourth-order valence-electron chi connectivity index (χ4n) is 3.00. The van der Waals surface area contributed by atoms with E-state index in [1.54, 1.807) is 0 Å². The van der Waals surface area contributed by atoms with Gasteiger partial charge in [-0.15, -0.1) is 0 Å². The Morgan fingerprint density at radius 2 is 1.85 bits per heavy atom. The first kappa shape index (κ1) is 13.7. The van der Waals surface area contributed by atoms with Crippen LogP contribution < -0.4 is 9.47 Å². The Morgan fingerprint density at radius 1 is 1.15 bits per heavy atom.